The Hall–Kier alpha value is -3.05. The molecule has 2 aromatic rings. The minimum absolute atomic E-state index is 0.0342. The largest absolute Gasteiger partial charge is 0.454 e. The zero-order chi connectivity index (χ0) is 21.4. The van der Waals surface area contributed by atoms with Gasteiger partial charge < -0.3 is 14.8 Å². The third-order valence-corrected chi connectivity index (χ3v) is 5.02. The fourth-order valence-electron chi connectivity index (χ4n) is 2.17. The van der Waals surface area contributed by atoms with Crippen LogP contribution in [0.3, 0.4) is 0 Å². The minimum Gasteiger partial charge on any atom is -0.454 e. The highest BCUT2D eigenvalue weighted by Gasteiger charge is 2.23. The van der Waals surface area contributed by atoms with E-state index in [0.29, 0.717) is 0 Å². The van der Waals surface area contributed by atoms with Gasteiger partial charge in [-0.2, -0.15) is 13.5 Å². The van der Waals surface area contributed by atoms with Gasteiger partial charge in [0, 0.05) is 0 Å². The summed E-state index contributed by atoms with van der Waals surface area (Å²) >= 11 is 0. The Morgan fingerprint density at radius 2 is 1.66 bits per heavy atom. The molecule has 0 aliphatic carbocycles. The molecule has 2 rings (SSSR count). The molecule has 11 heteroatoms. The number of esters is 1. The smallest absolute Gasteiger partial charge is 0.387 e. The molecule has 1 amide bonds. The number of rotatable bonds is 9. The van der Waals surface area contributed by atoms with Gasteiger partial charge in [0.05, 0.1) is 10.6 Å². The summed E-state index contributed by atoms with van der Waals surface area (Å²) in [5, 5.41) is 2.27. The Morgan fingerprint density at radius 1 is 1.03 bits per heavy atom. The number of benzene rings is 2. The van der Waals surface area contributed by atoms with Crippen molar-refractivity contribution in [2.45, 2.75) is 24.5 Å². The molecule has 2 aromatic carbocycles. The average molecular weight is 428 g/mol. The first-order valence-corrected chi connectivity index (χ1v) is 9.75. The molecule has 0 spiro atoms. The van der Waals surface area contributed by atoms with E-state index >= 15 is 0 Å². The molecular formula is C18H18F2N2O6S. The van der Waals surface area contributed by atoms with Gasteiger partial charge in [-0.25, -0.2) is 8.42 Å². The highest BCUT2D eigenvalue weighted by atomic mass is 32.2. The second kappa shape index (κ2) is 9.94. The maximum Gasteiger partial charge on any atom is 0.387 e. The highest BCUT2D eigenvalue weighted by Crippen LogP contribution is 2.25. The number of amides is 1. The molecule has 156 valence electrons. The molecule has 8 nitrogen and oxygen atoms in total. The first kappa shape index (κ1) is 22.2. The van der Waals surface area contributed by atoms with Crippen molar-refractivity contribution < 1.29 is 36.3 Å². The monoisotopic (exact) mass is 428 g/mol. The molecule has 0 aliphatic rings. The first-order valence-electron chi connectivity index (χ1n) is 8.27. The molecular weight excluding hydrogens is 410 g/mol. The predicted molar refractivity (Wildman–Crippen MR) is 98.9 cm³/mol. The molecule has 0 bridgehead atoms. The van der Waals surface area contributed by atoms with Crippen molar-refractivity contribution in [3.05, 3.63) is 54.6 Å². The Morgan fingerprint density at radius 3 is 2.31 bits per heavy atom. The van der Waals surface area contributed by atoms with E-state index in [1.807, 2.05) is 0 Å². The van der Waals surface area contributed by atoms with Crippen LogP contribution in [0.1, 0.15) is 6.92 Å². The van der Waals surface area contributed by atoms with E-state index in [2.05, 4.69) is 14.8 Å². The SMILES string of the molecule is C[C@H](NS(=O)(=O)c1ccccc1)C(=O)OCC(=O)Nc1ccccc1OC(F)F. The fourth-order valence-corrected chi connectivity index (χ4v) is 3.38. The molecule has 0 aliphatic heterocycles. The van der Waals surface area contributed by atoms with Gasteiger partial charge in [0.15, 0.2) is 6.61 Å². The normalized spacial score (nSPS) is 12.3. The van der Waals surface area contributed by atoms with Gasteiger partial charge in [-0.1, -0.05) is 30.3 Å². The van der Waals surface area contributed by atoms with Crippen molar-refractivity contribution in [2.24, 2.45) is 0 Å². The van der Waals surface area contributed by atoms with Gasteiger partial charge in [-0.05, 0) is 31.2 Å². The van der Waals surface area contributed by atoms with E-state index in [0.717, 1.165) is 0 Å². The zero-order valence-corrected chi connectivity index (χ0v) is 16.0. The van der Waals surface area contributed by atoms with Crippen LogP contribution in [0, 0.1) is 0 Å². The summed E-state index contributed by atoms with van der Waals surface area (Å²) < 4.78 is 60.3. The summed E-state index contributed by atoms with van der Waals surface area (Å²) in [7, 11) is -3.95. The Kier molecular flexibility index (Phi) is 7.62. The van der Waals surface area contributed by atoms with Crippen molar-refractivity contribution in [1.82, 2.24) is 4.72 Å². The first-order chi connectivity index (χ1) is 13.7. The molecule has 0 unspecified atom stereocenters. The lowest BCUT2D eigenvalue weighted by atomic mass is 10.3. The molecule has 0 aromatic heterocycles. The predicted octanol–water partition coefficient (Wildman–Crippen LogP) is 2.14. The summed E-state index contributed by atoms with van der Waals surface area (Å²) in [5.74, 6) is -2.07. The lowest BCUT2D eigenvalue weighted by Gasteiger charge is -2.14. The number of sulfonamides is 1. The van der Waals surface area contributed by atoms with E-state index in [1.54, 1.807) is 6.07 Å². The number of halogens is 2. The molecule has 0 saturated carbocycles. The van der Waals surface area contributed by atoms with E-state index in [9.17, 15) is 26.8 Å². The van der Waals surface area contributed by atoms with Crippen LogP contribution in [0.25, 0.3) is 0 Å². The third-order valence-electron chi connectivity index (χ3n) is 3.46. The van der Waals surface area contributed by atoms with Gasteiger partial charge in [0.1, 0.15) is 11.8 Å². The number of para-hydroxylation sites is 2. The quantitative estimate of drug-likeness (QED) is 0.592. The summed E-state index contributed by atoms with van der Waals surface area (Å²) in [4.78, 5) is 23.8. The molecule has 29 heavy (non-hydrogen) atoms. The number of hydrogen-bond donors (Lipinski definition) is 2. The zero-order valence-electron chi connectivity index (χ0n) is 15.2. The van der Waals surface area contributed by atoms with Crippen molar-refractivity contribution in [2.75, 3.05) is 11.9 Å². The van der Waals surface area contributed by atoms with E-state index < -0.39 is 41.2 Å². The van der Waals surface area contributed by atoms with E-state index in [1.165, 1.54) is 55.5 Å². The average Bonchev–Trinajstić information content (AvgIpc) is 2.67. The molecule has 0 radical (unpaired) electrons. The van der Waals surface area contributed by atoms with Crippen LogP contribution in [0.2, 0.25) is 0 Å². The van der Waals surface area contributed by atoms with Gasteiger partial charge in [0.25, 0.3) is 5.91 Å². The van der Waals surface area contributed by atoms with Crippen molar-refractivity contribution in [3.63, 3.8) is 0 Å². The summed E-state index contributed by atoms with van der Waals surface area (Å²) in [6.45, 7) is -2.57. The number of nitrogens with one attached hydrogen (secondary N) is 2. The Bertz CT molecular complexity index is 954. The van der Waals surface area contributed by atoms with Crippen LogP contribution >= 0.6 is 0 Å². The van der Waals surface area contributed by atoms with Crippen molar-refractivity contribution >= 4 is 27.6 Å². The standard InChI is InChI=1S/C18H18F2N2O6S/c1-12(22-29(25,26)13-7-3-2-4-8-13)17(24)27-11-16(23)21-14-9-5-6-10-15(14)28-18(19)20/h2-10,12,18,22H,11H2,1H3,(H,21,23)/t12-/m0/s1. The summed E-state index contributed by atoms with van der Waals surface area (Å²) in [6, 6.07) is 11.6. The minimum atomic E-state index is -3.95. The molecule has 0 saturated heterocycles. The lowest BCUT2D eigenvalue weighted by molar-refractivity contribution is -0.148. The van der Waals surface area contributed by atoms with Crippen LogP contribution < -0.4 is 14.8 Å². The number of carbonyl (C=O) groups is 2. The van der Waals surface area contributed by atoms with Gasteiger partial charge in [0.2, 0.25) is 10.0 Å². The molecule has 1 atom stereocenters. The van der Waals surface area contributed by atoms with Gasteiger partial charge in [-0.3, -0.25) is 9.59 Å². The van der Waals surface area contributed by atoms with Crippen molar-refractivity contribution in [3.8, 4) is 5.75 Å². The Balaban J connectivity index is 1.89. The topological polar surface area (TPSA) is 111 Å². The van der Waals surface area contributed by atoms with Crippen LogP contribution in [-0.4, -0.2) is 39.6 Å². The maximum absolute atomic E-state index is 12.4. The number of alkyl halides is 2. The Labute approximate surface area is 165 Å². The second-order valence-electron chi connectivity index (χ2n) is 5.69. The fraction of sp³-hybridized carbons (Fsp3) is 0.222. The summed E-state index contributed by atoms with van der Waals surface area (Å²) in [6.07, 6.45) is 0. The van der Waals surface area contributed by atoms with Crippen LogP contribution in [0.5, 0.6) is 5.75 Å². The lowest BCUT2D eigenvalue weighted by Crippen LogP contribution is -2.40. The molecule has 2 N–H and O–H groups in total. The molecule has 0 fully saturated rings. The van der Waals surface area contributed by atoms with Crippen molar-refractivity contribution in [1.29, 1.82) is 0 Å². The van der Waals surface area contributed by atoms with Crippen LogP contribution in [0.4, 0.5) is 14.5 Å². The number of hydrogen-bond acceptors (Lipinski definition) is 6. The van der Waals surface area contributed by atoms with E-state index in [-0.39, 0.29) is 16.3 Å². The van der Waals surface area contributed by atoms with Gasteiger partial charge in [-0.15, -0.1) is 0 Å². The molecule has 0 heterocycles. The summed E-state index contributed by atoms with van der Waals surface area (Å²) in [5.41, 5.74) is -0.0355. The van der Waals surface area contributed by atoms with Crippen LogP contribution in [-0.2, 0) is 24.3 Å². The van der Waals surface area contributed by atoms with Gasteiger partial charge >= 0.3 is 12.6 Å². The van der Waals surface area contributed by atoms with Crippen LogP contribution in [0.15, 0.2) is 59.5 Å². The van der Waals surface area contributed by atoms with E-state index in [4.69, 9.17) is 4.74 Å². The number of anilines is 1. The second-order valence-corrected chi connectivity index (χ2v) is 7.40. The maximum atomic E-state index is 12.4. The third kappa shape index (κ3) is 6.80. The number of carbonyl (C=O) groups excluding carboxylic acids is 2. The number of ether oxygens (including phenoxy) is 2. The highest BCUT2D eigenvalue weighted by molar-refractivity contribution is 7.89.